The first-order valence-corrected chi connectivity index (χ1v) is 7.35. The molecular formula is C17H14N4O4. The number of carboxylic acids is 1. The molecule has 126 valence electrons. The van der Waals surface area contributed by atoms with Crippen LogP contribution in [0.1, 0.15) is 16.2 Å². The lowest BCUT2D eigenvalue weighted by atomic mass is 10.2. The predicted octanol–water partition coefficient (Wildman–Crippen LogP) is 2.71. The number of amides is 1. The molecule has 3 rings (SSSR count). The first kappa shape index (κ1) is 16.2. The zero-order chi connectivity index (χ0) is 17.6. The van der Waals surface area contributed by atoms with Gasteiger partial charge in [0.05, 0.1) is 5.69 Å². The molecule has 3 aromatic rings. The first-order valence-electron chi connectivity index (χ1n) is 7.35. The first-order chi connectivity index (χ1) is 12.1. The van der Waals surface area contributed by atoms with Crippen LogP contribution in [-0.4, -0.2) is 31.9 Å². The molecule has 8 heteroatoms. The number of hydrogen-bond acceptors (Lipinski definition) is 5. The molecule has 1 heterocycles. The molecule has 0 saturated heterocycles. The van der Waals surface area contributed by atoms with Gasteiger partial charge < -0.3 is 9.84 Å². The highest BCUT2D eigenvalue weighted by molar-refractivity contribution is 5.84. The Hall–Kier alpha value is -3.68. The summed E-state index contributed by atoms with van der Waals surface area (Å²) in [6.45, 7) is 0.182. The van der Waals surface area contributed by atoms with Crippen molar-refractivity contribution in [3.8, 4) is 5.69 Å². The minimum absolute atomic E-state index is 0.182. The maximum atomic E-state index is 11.8. The van der Waals surface area contributed by atoms with Crippen LogP contribution in [0, 0.1) is 0 Å². The van der Waals surface area contributed by atoms with Gasteiger partial charge in [-0.25, -0.2) is 19.3 Å². The molecule has 2 N–H and O–H groups in total. The lowest BCUT2D eigenvalue weighted by molar-refractivity contribution is 0.0683. The van der Waals surface area contributed by atoms with Gasteiger partial charge in [-0.15, -0.1) is 5.10 Å². The standard InChI is InChI=1S/C17H14N4O4/c22-16(23)15-18-11-21(20-15)14-8-6-13(7-9-14)19-17(24)25-10-12-4-2-1-3-5-12/h1-9,11H,10H2,(H,19,24)(H,22,23). The molecule has 0 aliphatic carbocycles. The van der Waals surface area contributed by atoms with E-state index in [4.69, 9.17) is 9.84 Å². The molecule has 0 aliphatic rings. The molecule has 0 saturated carbocycles. The van der Waals surface area contributed by atoms with Crippen molar-refractivity contribution >= 4 is 17.7 Å². The second-order valence-electron chi connectivity index (χ2n) is 5.05. The van der Waals surface area contributed by atoms with Gasteiger partial charge in [0, 0.05) is 5.69 Å². The molecule has 1 aromatic heterocycles. The zero-order valence-electron chi connectivity index (χ0n) is 13.0. The minimum atomic E-state index is -1.20. The smallest absolute Gasteiger partial charge is 0.411 e. The average Bonchev–Trinajstić information content (AvgIpc) is 3.12. The summed E-state index contributed by atoms with van der Waals surface area (Å²) >= 11 is 0. The summed E-state index contributed by atoms with van der Waals surface area (Å²) in [7, 11) is 0. The Morgan fingerprint density at radius 3 is 2.44 bits per heavy atom. The van der Waals surface area contributed by atoms with Crippen molar-refractivity contribution in [3.63, 3.8) is 0 Å². The monoisotopic (exact) mass is 338 g/mol. The number of hydrogen-bond donors (Lipinski definition) is 2. The van der Waals surface area contributed by atoms with Gasteiger partial charge in [0.25, 0.3) is 5.82 Å². The van der Waals surface area contributed by atoms with E-state index >= 15 is 0 Å². The summed E-state index contributed by atoms with van der Waals surface area (Å²) in [6, 6.07) is 16.0. The van der Waals surface area contributed by atoms with E-state index in [2.05, 4.69) is 15.4 Å². The average molecular weight is 338 g/mol. The number of carbonyl (C=O) groups is 2. The number of aromatic carboxylic acids is 1. The van der Waals surface area contributed by atoms with Crippen LogP contribution < -0.4 is 5.32 Å². The fraction of sp³-hybridized carbons (Fsp3) is 0.0588. The third-order valence-corrected chi connectivity index (χ3v) is 3.27. The van der Waals surface area contributed by atoms with Crippen molar-refractivity contribution in [2.45, 2.75) is 6.61 Å². The normalized spacial score (nSPS) is 10.2. The van der Waals surface area contributed by atoms with E-state index in [1.165, 1.54) is 11.0 Å². The van der Waals surface area contributed by atoms with Crippen molar-refractivity contribution in [3.05, 3.63) is 72.3 Å². The van der Waals surface area contributed by atoms with Crippen molar-refractivity contribution in [2.24, 2.45) is 0 Å². The summed E-state index contributed by atoms with van der Waals surface area (Å²) in [4.78, 5) is 26.3. The SMILES string of the molecule is O=C(Nc1ccc(-n2cnc(C(=O)O)n2)cc1)OCc1ccccc1. The Labute approximate surface area is 142 Å². The van der Waals surface area contributed by atoms with Crippen molar-refractivity contribution in [2.75, 3.05) is 5.32 Å². The molecule has 1 amide bonds. The van der Waals surface area contributed by atoms with E-state index in [-0.39, 0.29) is 12.4 Å². The largest absolute Gasteiger partial charge is 0.475 e. The van der Waals surface area contributed by atoms with Gasteiger partial charge in [-0.3, -0.25) is 5.32 Å². The fourth-order valence-corrected chi connectivity index (χ4v) is 2.06. The number of nitrogens with one attached hydrogen (secondary N) is 1. The van der Waals surface area contributed by atoms with Crippen LogP contribution in [0.5, 0.6) is 0 Å². The van der Waals surface area contributed by atoms with Gasteiger partial charge in [-0.1, -0.05) is 30.3 Å². The zero-order valence-corrected chi connectivity index (χ0v) is 13.0. The van der Waals surface area contributed by atoms with Crippen LogP contribution >= 0.6 is 0 Å². The van der Waals surface area contributed by atoms with Crippen LogP contribution in [0.25, 0.3) is 5.69 Å². The third kappa shape index (κ3) is 4.20. The van der Waals surface area contributed by atoms with E-state index in [9.17, 15) is 9.59 Å². The number of nitrogens with zero attached hydrogens (tertiary/aromatic N) is 3. The van der Waals surface area contributed by atoms with E-state index in [1.54, 1.807) is 24.3 Å². The summed E-state index contributed by atoms with van der Waals surface area (Å²) in [5.41, 5.74) is 2.05. The van der Waals surface area contributed by atoms with Crippen LogP contribution in [0.4, 0.5) is 10.5 Å². The number of aromatic nitrogens is 3. The van der Waals surface area contributed by atoms with Gasteiger partial charge in [-0.2, -0.15) is 0 Å². The Balaban J connectivity index is 1.58. The Morgan fingerprint density at radius 2 is 1.80 bits per heavy atom. The van der Waals surface area contributed by atoms with Crippen molar-refractivity contribution < 1.29 is 19.4 Å². The van der Waals surface area contributed by atoms with E-state index in [0.717, 1.165) is 5.56 Å². The molecule has 0 radical (unpaired) electrons. The molecule has 0 unspecified atom stereocenters. The molecule has 0 fully saturated rings. The molecular weight excluding hydrogens is 324 g/mol. The molecule has 0 aliphatic heterocycles. The molecule has 25 heavy (non-hydrogen) atoms. The summed E-state index contributed by atoms with van der Waals surface area (Å²) in [5, 5.41) is 15.3. The summed E-state index contributed by atoms with van der Waals surface area (Å²) in [6.07, 6.45) is 0.741. The molecule has 0 atom stereocenters. The van der Waals surface area contributed by atoms with Gasteiger partial charge in [0.1, 0.15) is 12.9 Å². The number of benzene rings is 2. The Morgan fingerprint density at radius 1 is 1.08 bits per heavy atom. The maximum absolute atomic E-state index is 11.8. The van der Waals surface area contributed by atoms with Crippen LogP contribution in [0.15, 0.2) is 60.9 Å². The topological polar surface area (TPSA) is 106 Å². The molecule has 8 nitrogen and oxygen atoms in total. The lowest BCUT2D eigenvalue weighted by Gasteiger charge is -2.08. The highest BCUT2D eigenvalue weighted by Crippen LogP contribution is 2.13. The van der Waals surface area contributed by atoms with Gasteiger partial charge in [0.15, 0.2) is 0 Å². The molecule has 0 bridgehead atoms. The van der Waals surface area contributed by atoms with Gasteiger partial charge in [0.2, 0.25) is 0 Å². The number of ether oxygens (including phenoxy) is 1. The quantitative estimate of drug-likeness (QED) is 0.741. The number of carbonyl (C=O) groups excluding carboxylic acids is 1. The van der Waals surface area contributed by atoms with Crippen LogP contribution in [0.3, 0.4) is 0 Å². The van der Waals surface area contributed by atoms with Crippen LogP contribution in [-0.2, 0) is 11.3 Å². The molecule has 2 aromatic carbocycles. The minimum Gasteiger partial charge on any atom is -0.475 e. The second-order valence-corrected chi connectivity index (χ2v) is 5.05. The Kier molecular flexibility index (Phi) is 4.70. The fourth-order valence-electron chi connectivity index (χ4n) is 2.06. The second kappa shape index (κ2) is 7.26. The predicted molar refractivity (Wildman–Crippen MR) is 88.6 cm³/mol. The van der Waals surface area contributed by atoms with Gasteiger partial charge in [-0.05, 0) is 29.8 Å². The summed E-state index contributed by atoms with van der Waals surface area (Å²) in [5.74, 6) is -1.48. The highest BCUT2D eigenvalue weighted by Gasteiger charge is 2.10. The Bertz CT molecular complexity index is 875. The van der Waals surface area contributed by atoms with E-state index in [1.807, 2.05) is 30.3 Å². The number of rotatable bonds is 5. The van der Waals surface area contributed by atoms with E-state index in [0.29, 0.717) is 11.4 Å². The van der Waals surface area contributed by atoms with Gasteiger partial charge >= 0.3 is 12.1 Å². The summed E-state index contributed by atoms with van der Waals surface area (Å²) < 4.78 is 6.47. The lowest BCUT2D eigenvalue weighted by Crippen LogP contribution is -2.13. The van der Waals surface area contributed by atoms with E-state index < -0.39 is 12.1 Å². The maximum Gasteiger partial charge on any atom is 0.411 e. The van der Waals surface area contributed by atoms with Crippen molar-refractivity contribution in [1.29, 1.82) is 0 Å². The highest BCUT2D eigenvalue weighted by atomic mass is 16.5. The van der Waals surface area contributed by atoms with Crippen LogP contribution in [0.2, 0.25) is 0 Å². The number of anilines is 1. The number of carboxylic acid groups (broad SMARTS) is 1. The molecule has 0 spiro atoms. The van der Waals surface area contributed by atoms with Crippen molar-refractivity contribution in [1.82, 2.24) is 14.8 Å². The third-order valence-electron chi connectivity index (χ3n) is 3.27.